The number of hydrogen-bond donors (Lipinski definition) is 0. The van der Waals surface area contributed by atoms with Crippen molar-refractivity contribution in [3.05, 3.63) is 81.4 Å². The minimum absolute atomic E-state index is 0. The summed E-state index contributed by atoms with van der Waals surface area (Å²) in [6.07, 6.45) is 2.90. The van der Waals surface area contributed by atoms with Crippen molar-refractivity contribution >= 4 is 39.1 Å². The van der Waals surface area contributed by atoms with Gasteiger partial charge in [-0.25, -0.2) is 13.2 Å². The standard InChI is InChI=1S/C25H23ClN2O6S.Na/c1-15-10-18(25(29)33-2)6-7-19(15)14-34-23-12-17-5-3-4-16(17)11-22(23)28-27-20-8-9-21(26)24(13-20)35(30,31)32;/h6-13H,3-5,14H2,1-2H3,(H,30,31,32);/q;+1/p-1. The first-order valence-electron chi connectivity index (χ1n) is 10.8. The largest absolute Gasteiger partial charge is 1.00 e. The first-order valence-corrected chi connectivity index (χ1v) is 12.6. The van der Waals surface area contributed by atoms with Gasteiger partial charge in [0.15, 0.2) is 0 Å². The van der Waals surface area contributed by atoms with Gasteiger partial charge in [-0.05, 0) is 90.9 Å². The first-order chi connectivity index (χ1) is 16.7. The molecule has 4 rings (SSSR count). The molecule has 0 saturated carbocycles. The molecule has 0 atom stereocenters. The maximum Gasteiger partial charge on any atom is 1.00 e. The van der Waals surface area contributed by atoms with Crippen LogP contribution >= 0.6 is 11.6 Å². The van der Waals surface area contributed by atoms with E-state index in [1.54, 1.807) is 12.1 Å². The van der Waals surface area contributed by atoms with Crippen LogP contribution in [-0.4, -0.2) is 26.0 Å². The van der Waals surface area contributed by atoms with E-state index in [1.165, 1.54) is 24.8 Å². The van der Waals surface area contributed by atoms with Gasteiger partial charge in [0.25, 0.3) is 0 Å². The molecule has 0 spiro atoms. The zero-order valence-corrected chi connectivity index (χ0v) is 23.6. The third-order valence-corrected chi connectivity index (χ3v) is 7.10. The van der Waals surface area contributed by atoms with Crippen LogP contribution in [0.25, 0.3) is 0 Å². The van der Waals surface area contributed by atoms with Crippen LogP contribution in [0.1, 0.15) is 39.0 Å². The molecule has 0 amide bonds. The number of carbonyl (C=O) groups is 1. The maximum absolute atomic E-state index is 11.8. The SMILES string of the molecule is COC(=O)c1ccc(COc2cc3c(cc2N=Nc2ccc(Cl)c(S(=O)(=O)[O-])c2)CCC3)c(C)c1.[Na+]. The van der Waals surface area contributed by atoms with Crippen molar-refractivity contribution in [1.29, 1.82) is 0 Å². The zero-order valence-electron chi connectivity index (χ0n) is 20.1. The van der Waals surface area contributed by atoms with E-state index < -0.39 is 21.0 Å². The molecule has 0 N–H and O–H groups in total. The van der Waals surface area contributed by atoms with Gasteiger partial charge >= 0.3 is 35.5 Å². The Kier molecular flexibility index (Phi) is 9.32. The third-order valence-electron chi connectivity index (χ3n) is 5.78. The van der Waals surface area contributed by atoms with Crippen molar-refractivity contribution in [1.82, 2.24) is 0 Å². The second-order valence-electron chi connectivity index (χ2n) is 8.13. The summed E-state index contributed by atoms with van der Waals surface area (Å²) in [5.74, 6) is 0.119. The van der Waals surface area contributed by atoms with E-state index in [9.17, 15) is 17.8 Å². The Bertz CT molecular complexity index is 1440. The molecule has 0 radical (unpaired) electrons. The van der Waals surface area contributed by atoms with Crippen molar-refractivity contribution in [3.63, 3.8) is 0 Å². The molecule has 0 unspecified atom stereocenters. The average Bonchev–Trinajstić information content (AvgIpc) is 3.28. The fourth-order valence-electron chi connectivity index (χ4n) is 3.90. The fraction of sp³-hybridized carbons (Fsp3) is 0.240. The van der Waals surface area contributed by atoms with E-state index in [-0.39, 0.29) is 46.9 Å². The first kappa shape index (κ1) is 28.3. The van der Waals surface area contributed by atoms with Crippen LogP contribution in [0, 0.1) is 6.92 Å². The minimum atomic E-state index is -4.75. The molecule has 0 saturated heterocycles. The molecule has 36 heavy (non-hydrogen) atoms. The fourth-order valence-corrected chi connectivity index (χ4v) is 4.87. The van der Waals surface area contributed by atoms with Crippen LogP contribution in [-0.2, 0) is 34.3 Å². The van der Waals surface area contributed by atoms with Crippen LogP contribution in [0.15, 0.2) is 63.7 Å². The average molecular weight is 537 g/mol. The molecule has 182 valence electrons. The number of ether oxygens (including phenoxy) is 2. The molecular weight excluding hydrogens is 515 g/mol. The number of nitrogens with zero attached hydrogens (tertiary/aromatic N) is 2. The van der Waals surface area contributed by atoms with Gasteiger partial charge in [0.2, 0.25) is 0 Å². The van der Waals surface area contributed by atoms with Crippen LogP contribution in [0.3, 0.4) is 0 Å². The number of halogens is 1. The topological polar surface area (TPSA) is 117 Å². The van der Waals surface area contributed by atoms with Crippen LogP contribution < -0.4 is 34.3 Å². The normalized spacial score (nSPS) is 12.8. The number of azo groups is 1. The van der Waals surface area contributed by atoms with Crippen molar-refractivity contribution in [2.24, 2.45) is 10.2 Å². The summed E-state index contributed by atoms with van der Waals surface area (Å²) in [5, 5.41) is 8.24. The van der Waals surface area contributed by atoms with E-state index in [4.69, 9.17) is 21.1 Å². The summed E-state index contributed by atoms with van der Waals surface area (Å²) in [7, 11) is -3.41. The monoisotopic (exact) mass is 536 g/mol. The van der Waals surface area contributed by atoms with Gasteiger partial charge in [0, 0.05) is 0 Å². The van der Waals surface area contributed by atoms with Gasteiger partial charge in [-0.1, -0.05) is 17.7 Å². The number of fused-ring (bicyclic) bond motifs is 1. The number of rotatable bonds is 7. The zero-order chi connectivity index (χ0) is 25.2. The smallest absolute Gasteiger partial charge is 0.744 e. The van der Waals surface area contributed by atoms with Crippen LogP contribution in [0.2, 0.25) is 5.02 Å². The quantitative estimate of drug-likeness (QED) is 0.198. The third kappa shape index (κ3) is 6.53. The van der Waals surface area contributed by atoms with E-state index >= 15 is 0 Å². The van der Waals surface area contributed by atoms with Gasteiger partial charge in [-0.15, -0.1) is 5.11 Å². The van der Waals surface area contributed by atoms with E-state index in [0.717, 1.165) is 42.0 Å². The molecular formula is C25H22ClN2NaO6S. The Labute approximate surface area is 236 Å². The van der Waals surface area contributed by atoms with Gasteiger partial charge in [0.05, 0.1) is 28.3 Å². The molecule has 0 fully saturated rings. The van der Waals surface area contributed by atoms with Gasteiger partial charge in [-0.2, -0.15) is 5.11 Å². The van der Waals surface area contributed by atoms with Crippen molar-refractivity contribution in [3.8, 4) is 5.75 Å². The Morgan fingerprint density at radius 3 is 2.44 bits per heavy atom. The molecule has 0 aliphatic heterocycles. The number of benzene rings is 3. The van der Waals surface area contributed by atoms with Crippen molar-refractivity contribution in [2.45, 2.75) is 37.7 Å². The molecule has 1 aliphatic rings. The summed E-state index contributed by atoms with van der Waals surface area (Å²) in [4.78, 5) is 11.2. The van der Waals surface area contributed by atoms with Crippen LogP contribution in [0.4, 0.5) is 11.4 Å². The number of carbonyl (C=O) groups excluding carboxylic acids is 1. The summed E-state index contributed by atoms with van der Waals surface area (Å²) >= 11 is 5.84. The molecule has 0 heterocycles. The second kappa shape index (κ2) is 11.9. The van der Waals surface area contributed by atoms with Crippen molar-refractivity contribution < 1.29 is 56.8 Å². The maximum atomic E-state index is 11.8. The molecule has 11 heteroatoms. The Morgan fingerprint density at radius 2 is 1.78 bits per heavy atom. The second-order valence-corrected chi connectivity index (χ2v) is 9.89. The van der Waals surface area contributed by atoms with Gasteiger partial charge in [-0.3, -0.25) is 0 Å². The molecule has 0 aromatic heterocycles. The van der Waals surface area contributed by atoms with E-state index in [1.807, 2.05) is 25.1 Å². The van der Waals surface area contributed by atoms with Gasteiger partial charge in [0.1, 0.15) is 28.2 Å². The number of methoxy groups -OCH3 is 1. The summed E-state index contributed by atoms with van der Waals surface area (Å²) in [6.45, 7) is 2.13. The summed E-state index contributed by atoms with van der Waals surface area (Å²) in [5.41, 5.74) is 5.23. The number of aryl methyl sites for hydroxylation is 3. The number of hydrogen-bond acceptors (Lipinski definition) is 8. The van der Waals surface area contributed by atoms with E-state index in [0.29, 0.717) is 17.0 Å². The molecule has 0 bridgehead atoms. The Hall–Kier alpha value is -2.27. The predicted octanol–water partition coefficient (Wildman–Crippen LogP) is 2.83. The van der Waals surface area contributed by atoms with Crippen LogP contribution in [0.5, 0.6) is 5.75 Å². The number of esters is 1. The Balaban J connectivity index is 0.00000361. The molecule has 1 aliphatic carbocycles. The minimum Gasteiger partial charge on any atom is -0.744 e. The predicted molar refractivity (Wildman–Crippen MR) is 129 cm³/mol. The van der Waals surface area contributed by atoms with Gasteiger partial charge < -0.3 is 14.0 Å². The molecule has 3 aromatic rings. The summed E-state index contributed by atoms with van der Waals surface area (Å²) < 4.78 is 45.1. The molecule has 8 nitrogen and oxygen atoms in total. The summed E-state index contributed by atoms with van der Waals surface area (Å²) in [6, 6.07) is 13.0. The molecule has 3 aromatic carbocycles. The van der Waals surface area contributed by atoms with E-state index in [2.05, 4.69) is 10.2 Å². The van der Waals surface area contributed by atoms with Crippen molar-refractivity contribution in [2.75, 3.05) is 7.11 Å². The Morgan fingerprint density at radius 1 is 1.06 bits per heavy atom.